The van der Waals surface area contributed by atoms with Crippen molar-refractivity contribution in [2.75, 3.05) is 0 Å². The fourth-order valence-corrected chi connectivity index (χ4v) is 1.32. The van der Waals surface area contributed by atoms with Gasteiger partial charge in [-0.15, -0.1) is 0 Å². The number of halogens is 7. The van der Waals surface area contributed by atoms with Crippen LogP contribution in [0.1, 0.15) is 17.2 Å². The zero-order chi connectivity index (χ0) is 14.1. The molecule has 0 aromatic heterocycles. The lowest BCUT2D eigenvalue weighted by Crippen LogP contribution is -2.38. The Balaban J connectivity index is 3.28. The average molecular weight is 276 g/mol. The third-order valence-electron chi connectivity index (χ3n) is 2.12. The summed E-state index contributed by atoms with van der Waals surface area (Å²) < 4.78 is 87.1. The minimum absolute atomic E-state index is 0.0767. The van der Waals surface area contributed by atoms with E-state index < -0.39 is 35.3 Å². The van der Waals surface area contributed by atoms with Crippen molar-refractivity contribution >= 4 is 0 Å². The average Bonchev–Trinajstić information content (AvgIpc) is 2.17. The quantitative estimate of drug-likeness (QED) is 0.495. The molecule has 0 heterocycles. The van der Waals surface area contributed by atoms with Gasteiger partial charge in [0.1, 0.15) is 11.9 Å². The molecule has 1 unspecified atom stereocenters. The largest absolute Gasteiger partial charge is 0.419 e. The second kappa shape index (κ2) is 4.73. The SMILES string of the molecule is NNC(c1ccc(F)c(C(F)(F)F)c1)C(F)(F)F. The first-order valence-corrected chi connectivity index (χ1v) is 4.47. The molecule has 0 radical (unpaired) electrons. The van der Waals surface area contributed by atoms with E-state index in [0.717, 1.165) is 0 Å². The maximum atomic E-state index is 12.9. The van der Waals surface area contributed by atoms with Crippen LogP contribution in [0, 0.1) is 5.82 Å². The molecule has 0 saturated carbocycles. The van der Waals surface area contributed by atoms with Crippen molar-refractivity contribution in [3.8, 4) is 0 Å². The molecule has 1 aromatic rings. The van der Waals surface area contributed by atoms with Crippen molar-refractivity contribution in [2.24, 2.45) is 5.84 Å². The summed E-state index contributed by atoms with van der Waals surface area (Å²) in [4.78, 5) is 0. The smallest absolute Gasteiger partial charge is 0.271 e. The van der Waals surface area contributed by atoms with Crippen LogP contribution in [0.2, 0.25) is 0 Å². The Labute approximate surface area is 96.5 Å². The highest BCUT2D eigenvalue weighted by atomic mass is 19.4. The molecule has 0 bridgehead atoms. The van der Waals surface area contributed by atoms with Gasteiger partial charge < -0.3 is 0 Å². The first-order chi connectivity index (χ1) is 8.07. The second-order valence-electron chi connectivity index (χ2n) is 3.38. The Hall–Kier alpha value is -1.35. The zero-order valence-electron chi connectivity index (χ0n) is 8.53. The standard InChI is InChI=1S/C9H7F7N2/c10-6-2-1-4(3-5(6)8(11,12)13)7(18-17)9(14,15)16/h1-3,7,18H,17H2. The molecule has 0 aliphatic heterocycles. The van der Waals surface area contributed by atoms with E-state index in [9.17, 15) is 30.7 Å². The van der Waals surface area contributed by atoms with Crippen LogP contribution >= 0.6 is 0 Å². The molecule has 9 heteroatoms. The number of nitrogens with two attached hydrogens (primary N) is 1. The first kappa shape index (κ1) is 14.7. The van der Waals surface area contributed by atoms with Crippen LogP contribution in [-0.2, 0) is 6.18 Å². The monoisotopic (exact) mass is 276 g/mol. The second-order valence-corrected chi connectivity index (χ2v) is 3.38. The summed E-state index contributed by atoms with van der Waals surface area (Å²) in [7, 11) is 0. The number of alkyl halides is 6. The Kier molecular flexibility index (Phi) is 3.86. The Morgan fingerprint density at radius 2 is 1.61 bits per heavy atom. The van der Waals surface area contributed by atoms with Gasteiger partial charge in [0.15, 0.2) is 0 Å². The number of hydrazine groups is 1. The van der Waals surface area contributed by atoms with Crippen molar-refractivity contribution in [3.05, 3.63) is 35.1 Å². The molecule has 0 aliphatic carbocycles. The van der Waals surface area contributed by atoms with Crippen LogP contribution in [0.5, 0.6) is 0 Å². The van der Waals surface area contributed by atoms with E-state index in [2.05, 4.69) is 5.84 Å². The molecule has 0 saturated heterocycles. The summed E-state index contributed by atoms with van der Waals surface area (Å²) in [5.74, 6) is 2.99. The summed E-state index contributed by atoms with van der Waals surface area (Å²) in [6.45, 7) is 0. The van der Waals surface area contributed by atoms with E-state index in [4.69, 9.17) is 0 Å². The molecule has 1 aromatic carbocycles. The summed E-state index contributed by atoms with van der Waals surface area (Å²) in [6, 6.07) is -1.52. The van der Waals surface area contributed by atoms with Crippen LogP contribution in [0.4, 0.5) is 30.7 Å². The lowest BCUT2D eigenvalue weighted by Gasteiger charge is -2.20. The number of nitrogens with one attached hydrogen (secondary N) is 1. The van der Waals surface area contributed by atoms with E-state index in [1.807, 2.05) is 0 Å². The van der Waals surface area contributed by atoms with Gasteiger partial charge in [0.2, 0.25) is 0 Å². The number of rotatable bonds is 2. The van der Waals surface area contributed by atoms with Gasteiger partial charge in [-0.3, -0.25) is 5.84 Å². The van der Waals surface area contributed by atoms with Crippen LogP contribution in [0.25, 0.3) is 0 Å². The minimum Gasteiger partial charge on any atom is -0.271 e. The molecule has 1 rings (SSSR count). The van der Waals surface area contributed by atoms with Crippen molar-refractivity contribution in [1.29, 1.82) is 0 Å². The van der Waals surface area contributed by atoms with Crippen LogP contribution in [0.3, 0.4) is 0 Å². The lowest BCUT2D eigenvalue weighted by atomic mass is 10.0. The van der Waals surface area contributed by atoms with Crippen LogP contribution in [-0.4, -0.2) is 6.18 Å². The first-order valence-electron chi connectivity index (χ1n) is 4.47. The highest BCUT2D eigenvalue weighted by Crippen LogP contribution is 2.36. The Morgan fingerprint density at radius 3 is 2.00 bits per heavy atom. The number of hydrogen-bond donors (Lipinski definition) is 2. The number of hydrogen-bond acceptors (Lipinski definition) is 2. The summed E-state index contributed by atoms with van der Waals surface area (Å²) in [5.41, 5.74) is -1.25. The van der Waals surface area contributed by atoms with Gasteiger partial charge in [-0.2, -0.15) is 26.3 Å². The van der Waals surface area contributed by atoms with E-state index in [-0.39, 0.29) is 6.07 Å². The predicted octanol–water partition coefficient (Wildman–Crippen LogP) is 2.91. The molecule has 0 spiro atoms. The number of benzene rings is 1. The normalized spacial score (nSPS) is 14.7. The molecule has 2 nitrogen and oxygen atoms in total. The summed E-state index contributed by atoms with van der Waals surface area (Å²) in [5, 5.41) is 0. The Morgan fingerprint density at radius 1 is 1.06 bits per heavy atom. The minimum atomic E-state index is -5.08. The maximum absolute atomic E-state index is 12.9. The van der Waals surface area contributed by atoms with E-state index in [1.54, 1.807) is 0 Å². The molecular weight excluding hydrogens is 269 g/mol. The lowest BCUT2D eigenvalue weighted by molar-refractivity contribution is -0.158. The third kappa shape index (κ3) is 3.10. The predicted molar refractivity (Wildman–Crippen MR) is 47.5 cm³/mol. The fourth-order valence-electron chi connectivity index (χ4n) is 1.32. The van der Waals surface area contributed by atoms with Crippen molar-refractivity contribution in [3.63, 3.8) is 0 Å². The molecule has 0 amide bonds. The summed E-state index contributed by atoms with van der Waals surface area (Å²) >= 11 is 0. The molecule has 0 aliphatic rings. The van der Waals surface area contributed by atoms with Gasteiger partial charge in [-0.25, -0.2) is 9.82 Å². The topological polar surface area (TPSA) is 38.0 Å². The molecular formula is C9H7F7N2. The van der Waals surface area contributed by atoms with E-state index in [1.165, 1.54) is 5.43 Å². The highest BCUT2D eigenvalue weighted by molar-refractivity contribution is 5.30. The van der Waals surface area contributed by atoms with Gasteiger partial charge in [0.25, 0.3) is 0 Å². The zero-order valence-corrected chi connectivity index (χ0v) is 8.53. The van der Waals surface area contributed by atoms with Gasteiger partial charge in [-0.1, -0.05) is 6.07 Å². The fraction of sp³-hybridized carbons (Fsp3) is 0.333. The summed E-state index contributed by atoms with van der Waals surface area (Å²) in [6.07, 6.45) is -9.97. The highest BCUT2D eigenvalue weighted by Gasteiger charge is 2.42. The molecule has 1 atom stereocenters. The molecule has 102 valence electrons. The molecule has 0 fully saturated rings. The molecule has 3 N–H and O–H groups in total. The van der Waals surface area contributed by atoms with Gasteiger partial charge in [0, 0.05) is 0 Å². The molecule has 18 heavy (non-hydrogen) atoms. The van der Waals surface area contributed by atoms with Crippen LogP contribution in [0.15, 0.2) is 18.2 Å². The van der Waals surface area contributed by atoms with Crippen molar-refractivity contribution in [2.45, 2.75) is 18.4 Å². The van der Waals surface area contributed by atoms with Crippen molar-refractivity contribution < 1.29 is 30.7 Å². The van der Waals surface area contributed by atoms with E-state index >= 15 is 0 Å². The third-order valence-corrected chi connectivity index (χ3v) is 2.12. The Bertz CT molecular complexity index is 424. The van der Waals surface area contributed by atoms with E-state index in [0.29, 0.717) is 12.1 Å². The maximum Gasteiger partial charge on any atom is 0.419 e. The van der Waals surface area contributed by atoms with Gasteiger partial charge >= 0.3 is 12.4 Å². The van der Waals surface area contributed by atoms with Gasteiger partial charge in [-0.05, 0) is 17.7 Å². The van der Waals surface area contributed by atoms with Crippen molar-refractivity contribution in [1.82, 2.24) is 5.43 Å². The van der Waals surface area contributed by atoms with Crippen LogP contribution < -0.4 is 11.3 Å². The van der Waals surface area contributed by atoms with Gasteiger partial charge in [0.05, 0.1) is 5.56 Å².